The SMILES string of the molecule is Cc1ccc(NC(=O)c2c(N)n(CCCN3CCOCC3)c3nc4ccccc4nc23)cc1C. The lowest BCUT2D eigenvalue weighted by atomic mass is 10.1. The van der Waals surface area contributed by atoms with Crippen molar-refractivity contribution in [2.75, 3.05) is 43.9 Å². The van der Waals surface area contributed by atoms with Crippen LogP contribution >= 0.6 is 0 Å². The summed E-state index contributed by atoms with van der Waals surface area (Å²) in [5.41, 5.74) is 12.7. The molecule has 1 saturated heterocycles. The number of nitrogens with zero attached hydrogens (tertiary/aromatic N) is 4. The number of nitrogens with one attached hydrogen (secondary N) is 1. The van der Waals surface area contributed by atoms with Gasteiger partial charge in [-0.3, -0.25) is 9.69 Å². The molecular formula is C26H30N6O2. The Kier molecular flexibility index (Phi) is 6.17. The van der Waals surface area contributed by atoms with Crippen molar-refractivity contribution < 1.29 is 9.53 Å². The van der Waals surface area contributed by atoms with E-state index in [-0.39, 0.29) is 5.91 Å². The first-order valence-electron chi connectivity index (χ1n) is 11.7. The van der Waals surface area contributed by atoms with Gasteiger partial charge in [0.15, 0.2) is 5.65 Å². The van der Waals surface area contributed by atoms with Crippen LogP contribution in [0.5, 0.6) is 0 Å². The number of benzene rings is 2. The summed E-state index contributed by atoms with van der Waals surface area (Å²) < 4.78 is 7.38. The van der Waals surface area contributed by atoms with Gasteiger partial charge in [-0.2, -0.15) is 0 Å². The Morgan fingerprint density at radius 2 is 1.76 bits per heavy atom. The van der Waals surface area contributed by atoms with E-state index in [4.69, 9.17) is 20.4 Å². The number of nitrogen functional groups attached to an aromatic ring is 1. The number of nitrogens with two attached hydrogens (primary N) is 1. The summed E-state index contributed by atoms with van der Waals surface area (Å²) in [5, 5.41) is 3.01. The van der Waals surface area contributed by atoms with Gasteiger partial charge in [0.05, 0.1) is 24.2 Å². The number of amides is 1. The minimum atomic E-state index is -0.276. The molecule has 0 saturated carbocycles. The molecule has 1 fully saturated rings. The third-order valence-electron chi connectivity index (χ3n) is 6.54. The first-order valence-corrected chi connectivity index (χ1v) is 11.7. The number of carbonyl (C=O) groups excluding carboxylic acids is 1. The van der Waals surface area contributed by atoms with Crippen LogP contribution in [0.4, 0.5) is 11.5 Å². The number of hydrogen-bond acceptors (Lipinski definition) is 6. The molecule has 4 aromatic rings. The zero-order valence-electron chi connectivity index (χ0n) is 19.7. The number of para-hydroxylation sites is 2. The molecule has 0 radical (unpaired) electrons. The largest absolute Gasteiger partial charge is 0.384 e. The van der Waals surface area contributed by atoms with E-state index in [1.165, 1.54) is 5.56 Å². The van der Waals surface area contributed by atoms with Gasteiger partial charge in [-0.25, -0.2) is 9.97 Å². The molecular weight excluding hydrogens is 428 g/mol. The fourth-order valence-electron chi connectivity index (χ4n) is 4.46. The Morgan fingerprint density at radius 1 is 1.03 bits per heavy atom. The number of morpholine rings is 1. The van der Waals surface area contributed by atoms with Crippen molar-refractivity contribution in [2.24, 2.45) is 0 Å². The monoisotopic (exact) mass is 458 g/mol. The lowest BCUT2D eigenvalue weighted by Gasteiger charge is -2.26. The maximum Gasteiger partial charge on any atom is 0.261 e. The molecule has 1 aliphatic rings. The second-order valence-corrected chi connectivity index (χ2v) is 8.86. The minimum Gasteiger partial charge on any atom is -0.384 e. The third-order valence-corrected chi connectivity index (χ3v) is 6.54. The number of ether oxygens (including phenoxy) is 1. The maximum atomic E-state index is 13.4. The van der Waals surface area contributed by atoms with Crippen LogP contribution < -0.4 is 11.1 Å². The molecule has 0 atom stereocenters. The van der Waals surface area contributed by atoms with E-state index in [9.17, 15) is 4.79 Å². The number of anilines is 2. The van der Waals surface area contributed by atoms with Crippen LogP contribution in [0, 0.1) is 13.8 Å². The Bertz CT molecular complexity index is 1360. The fourth-order valence-corrected chi connectivity index (χ4v) is 4.46. The van der Waals surface area contributed by atoms with Crippen molar-refractivity contribution in [2.45, 2.75) is 26.8 Å². The molecule has 2 aromatic heterocycles. The zero-order chi connectivity index (χ0) is 23.7. The summed E-state index contributed by atoms with van der Waals surface area (Å²) in [4.78, 5) is 25.5. The number of fused-ring (bicyclic) bond motifs is 2. The van der Waals surface area contributed by atoms with E-state index >= 15 is 0 Å². The molecule has 34 heavy (non-hydrogen) atoms. The molecule has 2 aromatic carbocycles. The molecule has 0 unspecified atom stereocenters. The molecule has 8 heteroatoms. The molecule has 0 spiro atoms. The van der Waals surface area contributed by atoms with Gasteiger partial charge in [0, 0.05) is 31.9 Å². The van der Waals surface area contributed by atoms with Crippen LogP contribution in [-0.2, 0) is 11.3 Å². The average Bonchev–Trinajstić information content (AvgIpc) is 3.11. The van der Waals surface area contributed by atoms with Gasteiger partial charge in [-0.05, 0) is 55.7 Å². The second kappa shape index (κ2) is 9.40. The number of aromatic nitrogens is 3. The van der Waals surface area contributed by atoms with Gasteiger partial charge in [0.25, 0.3) is 5.91 Å². The highest BCUT2D eigenvalue weighted by Gasteiger charge is 2.24. The number of carbonyl (C=O) groups is 1. The molecule has 3 N–H and O–H groups in total. The number of hydrogen-bond donors (Lipinski definition) is 2. The van der Waals surface area contributed by atoms with E-state index in [0.29, 0.717) is 29.1 Å². The zero-order valence-corrected chi connectivity index (χ0v) is 19.7. The summed E-state index contributed by atoms with van der Waals surface area (Å²) in [6.45, 7) is 9.09. The van der Waals surface area contributed by atoms with Crippen molar-refractivity contribution in [1.29, 1.82) is 0 Å². The normalized spacial score (nSPS) is 14.6. The fraction of sp³-hybridized carbons (Fsp3) is 0.346. The van der Waals surface area contributed by atoms with Gasteiger partial charge in [0.1, 0.15) is 16.9 Å². The Hall–Kier alpha value is -3.49. The standard InChI is InChI=1S/C26H30N6O2/c1-17-8-9-19(16-18(17)2)28-26(33)22-23-25(30-21-7-4-3-6-20(21)29-23)32(24(22)27)11-5-10-31-12-14-34-15-13-31/h3-4,6-9,16H,5,10-15,27H2,1-2H3,(H,28,33). The van der Waals surface area contributed by atoms with Gasteiger partial charge in [-0.15, -0.1) is 0 Å². The van der Waals surface area contributed by atoms with Gasteiger partial charge in [0.2, 0.25) is 0 Å². The van der Waals surface area contributed by atoms with Crippen molar-refractivity contribution in [3.05, 3.63) is 59.2 Å². The molecule has 1 aliphatic heterocycles. The first-order chi connectivity index (χ1) is 16.5. The van der Waals surface area contributed by atoms with Crippen LogP contribution in [0.3, 0.4) is 0 Å². The van der Waals surface area contributed by atoms with Gasteiger partial charge < -0.3 is 20.4 Å². The molecule has 0 aliphatic carbocycles. The molecule has 8 nitrogen and oxygen atoms in total. The molecule has 176 valence electrons. The van der Waals surface area contributed by atoms with E-state index in [1.807, 2.05) is 60.9 Å². The number of rotatable bonds is 6. The topological polar surface area (TPSA) is 98.3 Å². The van der Waals surface area contributed by atoms with Crippen LogP contribution in [0.15, 0.2) is 42.5 Å². The van der Waals surface area contributed by atoms with E-state index in [0.717, 1.165) is 61.6 Å². The van der Waals surface area contributed by atoms with Crippen molar-refractivity contribution in [3.8, 4) is 0 Å². The van der Waals surface area contributed by atoms with Gasteiger partial charge in [-0.1, -0.05) is 18.2 Å². The van der Waals surface area contributed by atoms with Crippen LogP contribution in [0.25, 0.3) is 22.2 Å². The predicted molar refractivity (Wildman–Crippen MR) is 135 cm³/mol. The summed E-state index contributed by atoms with van der Waals surface area (Å²) in [6.07, 6.45) is 0.890. The van der Waals surface area contributed by atoms with Crippen LogP contribution in [-0.4, -0.2) is 58.2 Å². The molecule has 1 amide bonds. The van der Waals surface area contributed by atoms with Crippen LogP contribution in [0.2, 0.25) is 0 Å². The van der Waals surface area contributed by atoms with E-state index < -0.39 is 0 Å². The van der Waals surface area contributed by atoms with Crippen molar-refractivity contribution in [1.82, 2.24) is 19.4 Å². The maximum absolute atomic E-state index is 13.4. The average molecular weight is 459 g/mol. The molecule has 0 bridgehead atoms. The smallest absolute Gasteiger partial charge is 0.261 e. The highest BCUT2D eigenvalue weighted by molar-refractivity contribution is 6.16. The van der Waals surface area contributed by atoms with Crippen molar-refractivity contribution >= 4 is 39.6 Å². The third kappa shape index (κ3) is 4.34. The Labute approximate surface area is 198 Å². The summed E-state index contributed by atoms with van der Waals surface area (Å²) in [6, 6.07) is 13.5. The summed E-state index contributed by atoms with van der Waals surface area (Å²) in [5.74, 6) is 0.121. The highest BCUT2D eigenvalue weighted by Crippen LogP contribution is 2.29. The van der Waals surface area contributed by atoms with E-state index in [1.54, 1.807) is 0 Å². The van der Waals surface area contributed by atoms with Crippen LogP contribution in [0.1, 0.15) is 27.9 Å². The van der Waals surface area contributed by atoms with Crippen molar-refractivity contribution in [3.63, 3.8) is 0 Å². The highest BCUT2D eigenvalue weighted by atomic mass is 16.5. The number of aryl methyl sites for hydroxylation is 3. The Morgan fingerprint density at radius 3 is 2.50 bits per heavy atom. The van der Waals surface area contributed by atoms with Gasteiger partial charge >= 0.3 is 0 Å². The summed E-state index contributed by atoms with van der Waals surface area (Å²) >= 11 is 0. The quantitative estimate of drug-likeness (QED) is 0.457. The second-order valence-electron chi connectivity index (χ2n) is 8.86. The molecule has 3 heterocycles. The Balaban J connectivity index is 1.50. The predicted octanol–water partition coefficient (Wildman–Crippen LogP) is 3.76. The lowest BCUT2D eigenvalue weighted by molar-refractivity contribution is 0.0370. The molecule has 5 rings (SSSR count). The van der Waals surface area contributed by atoms with E-state index in [2.05, 4.69) is 10.2 Å². The minimum absolute atomic E-state index is 0.276. The first kappa shape index (κ1) is 22.3. The summed E-state index contributed by atoms with van der Waals surface area (Å²) in [7, 11) is 0. The lowest BCUT2D eigenvalue weighted by Crippen LogP contribution is -2.37.